The Morgan fingerprint density at radius 2 is 1.67 bits per heavy atom. The average Bonchev–Trinajstić information content (AvgIpc) is 3.05. The first-order chi connectivity index (χ1) is 11.7. The van der Waals surface area contributed by atoms with E-state index in [-0.39, 0.29) is 0 Å². The van der Waals surface area contributed by atoms with Crippen molar-refractivity contribution in [1.82, 2.24) is 19.5 Å². The molecule has 1 fully saturated rings. The van der Waals surface area contributed by atoms with Crippen LogP contribution in [0.15, 0.2) is 48.7 Å². The van der Waals surface area contributed by atoms with Crippen LogP contribution in [0.1, 0.15) is 13.8 Å². The summed E-state index contributed by atoms with van der Waals surface area (Å²) in [5, 5.41) is 4.87. The summed E-state index contributed by atoms with van der Waals surface area (Å²) in [6.45, 7) is 8.74. The zero-order valence-corrected chi connectivity index (χ0v) is 14.3. The Labute approximate surface area is 142 Å². The molecule has 0 unspecified atom stereocenters. The summed E-state index contributed by atoms with van der Waals surface area (Å²) in [6.07, 6.45) is 1.90. The van der Waals surface area contributed by atoms with E-state index in [1.54, 1.807) is 0 Å². The minimum atomic E-state index is 0.612. The van der Waals surface area contributed by atoms with Gasteiger partial charge in [0.15, 0.2) is 5.65 Å². The summed E-state index contributed by atoms with van der Waals surface area (Å²) < 4.78 is 1.96. The fourth-order valence-electron chi connectivity index (χ4n) is 3.31. The monoisotopic (exact) mass is 321 g/mol. The SMILES string of the molecule is CC(C)N1CCN(c2ccc3ncc(-c4ccccc4)n3n2)CC1. The molecule has 0 bridgehead atoms. The zero-order valence-electron chi connectivity index (χ0n) is 14.3. The maximum atomic E-state index is 4.87. The summed E-state index contributed by atoms with van der Waals surface area (Å²) in [7, 11) is 0. The van der Waals surface area contributed by atoms with Crippen molar-refractivity contribution in [3.05, 3.63) is 48.7 Å². The first kappa shape index (κ1) is 15.1. The Morgan fingerprint density at radius 1 is 0.917 bits per heavy atom. The summed E-state index contributed by atoms with van der Waals surface area (Å²) >= 11 is 0. The molecule has 5 heteroatoms. The number of benzene rings is 1. The van der Waals surface area contributed by atoms with Gasteiger partial charge in [0, 0.05) is 37.8 Å². The van der Waals surface area contributed by atoms with Crippen LogP contribution in [0.3, 0.4) is 0 Å². The molecule has 5 nitrogen and oxygen atoms in total. The van der Waals surface area contributed by atoms with Crippen molar-refractivity contribution in [3.8, 4) is 11.3 Å². The third kappa shape index (κ3) is 2.76. The molecule has 0 N–H and O–H groups in total. The molecule has 24 heavy (non-hydrogen) atoms. The second kappa shape index (κ2) is 6.24. The minimum absolute atomic E-state index is 0.612. The molecule has 0 aliphatic carbocycles. The molecule has 1 saturated heterocycles. The number of anilines is 1. The molecule has 1 aliphatic heterocycles. The summed E-state index contributed by atoms with van der Waals surface area (Å²) in [4.78, 5) is 9.37. The van der Waals surface area contributed by atoms with Crippen LogP contribution in [-0.4, -0.2) is 51.7 Å². The topological polar surface area (TPSA) is 36.7 Å². The number of rotatable bonds is 3. The van der Waals surface area contributed by atoms with Crippen molar-refractivity contribution in [3.63, 3.8) is 0 Å². The molecule has 0 radical (unpaired) electrons. The van der Waals surface area contributed by atoms with Crippen molar-refractivity contribution in [2.45, 2.75) is 19.9 Å². The van der Waals surface area contributed by atoms with Gasteiger partial charge in [0.25, 0.3) is 0 Å². The maximum Gasteiger partial charge on any atom is 0.154 e. The van der Waals surface area contributed by atoms with Crippen molar-refractivity contribution in [2.24, 2.45) is 0 Å². The van der Waals surface area contributed by atoms with Gasteiger partial charge in [-0.3, -0.25) is 4.90 Å². The molecule has 1 aliphatic rings. The fourth-order valence-corrected chi connectivity index (χ4v) is 3.31. The lowest BCUT2D eigenvalue weighted by molar-refractivity contribution is 0.209. The van der Waals surface area contributed by atoms with Gasteiger partial charge in [-0.05, 0) is 26.0 Å². The van der Waals surface area contributed by atoms with E-state index in [1.165, 1.54) is 0 Å². The summed E-state index contributed by atoms with van der Waals surface area (Å²) in [5.74, 6) is 1.03. The van der Waals surface area contributed by atoms with E-state index in [2.05, 4.69) is 52.9 Å². The number of aromatic nitrogens is 3. The van der Waals surface area contributed by atoms with Crippen LogP contribution in [0.2, 0.25) is 0 Å². The lowest BCUT2D eigenvalue weighted by Crippen LogP contribution is -2.49. The maximum absolute atomic E-state index is 4.87. The highest BCUT2D eigenvalue weighted by molar-refractivity contribution is 5.63. The molecule has 3 heterocycles. The molecule has 3 aromatic rings. The van der Waals surface area contributed by atoms with Gasteiger partial charge in [0.1, 0.15) is 5.82 Å². The normalized spacial score (nSPS) is 16.2. The number of hydrogen-bond acceptors (Lipinski definition) is 4. The third-order valence-corrected chi connectivity index (χ3v) is 4.79. The Bertz CT molecular complexity index is 816. The van der Waals surface area contributed by atoms with E-state index in [9.17, 15) is 0 Å². The van der Waals surface area contributed by atoms with Crippen molar-refractivity contribution >= 4 is 11.5 Å². The molecular formula is C19H23N5. The van der Waals surface area contributed by atoms with Crippen LogP contribution in [0, 0.1) is 0 Å². The van der Waals surface area contributed by atoms with Crippen LogP contribution < -0.4 is 4.90 Å². The van der Waals surface area contributed by atoms with E-state index in [0.29, 0.717) is 6.04 Å². The van der Waals surface area contributed by atoms with Gasteiger partial charge < -0.3 is 4.90 Å². The first-order valence-electron chi connectivity index (χ1n) is 8.61. The van der Waals surface area contributed by atoms with Crippen LogP contribution in [0.5, 0.6) is 0 Å². The van der Waals surface area contributed by atoms with Gasteiger partial charge in [0.2, 0.25) is 0 Å². The Kier molecular flexibility index (Phi) is 3.94. The second-order valence-corrected chi connectivity index (χ2v) is 6.59. The second-order valence-electron chi connectivity index (χ2n) is 6.59. The van der Waals surface area contributed by atoms with Gasteiger partial charge in [0.05, 0.1) is 11.9 Å². The van der Waals surface area contributed by atoms with Crippen molar-refractivity contribution in [1.29, 1.82) is 0 Å². The Balaban J connectivity index is 1.64. The lowest BCUT2D eigenvalue weighted by atomic mass is 10.2. The van der Waals surface area contributed by atoms with Crippen molar-refractivity contribution in [2.75, 3.05) is 31.1 Å². The molecule has 0 atom stereocenters. The number of imidazole rings is 1. The summed E-state index contributed by atoms with van der Waals surface area (Å²) in [6, 6.07) is 15.1. The molecular weight excluding hydrogens is 298 g/mol. The van der Waals surface area contributed by atoms with Crippen molar-refractivity contribution < 1.29 is 0 Å². The van der Waals surface area contributed by atoms with Gasteiger partial charge in [-0.2, -0.15) is 0 Å². The smallest absolute Gasteiger partial charge is 0.154 e. The first-order valence-corrected chi connectivity index (χ1v) is 8.61. The number of piperazine rings is 1. The van der Waals surface area contributed by atoms with E-state index in [0.717, 1.165) is 48.9 Å². The average molecular weight is 321 g/mol. The number of fused-ring (bicyclic) bond motifs is 1. The molecule has 0 amide bonds. The third-order valence-electron chi connectivity index (χ3n) is 4.79. The fraction of sp³-hybridized carbons (Fsp3) is 0.368. The van der Waals surface area contributed by atoms with Crippen LogP contribution in [0.4, 0.5) is 5.82 Å². The molecule has 2 aromatic heterocycles. The Hall–Kier alpha value is -2.40. The van der Waals surface area contributed by atoms with Gasteiger partial charge in [-0.25, -0.2) is 9.50 Å². The largest absolute Gasteiger partial charge is 0.353 e. The standard InChI is InChI=1S/C19H23N5/c1-15(2)22-10-12-23(13-11-22)19-9-8-18-20-14-17(24(18)21-19)16-6-4-3-5-7-16/h3-9,14-15H,10-13H2,1-2H3. The number of hydrogen-bond donors (Lipinski definition) is 0. The van der Waals surface area contributed by atoms with Crippen LogP contribution in [0.25, 0.3) is 16.9 Å². The lowest BCUT2D eigenvalue weighted by Gasteiger charge is -2.37. The Morgan fingerprint density at radius 3 is 2.38 bits per heavy atom. The number of nitrogens with zero attached hydrogens (tertiary/aromatic N) is 5. The van der Waals surface area contributed by atoms with Crippen LogP contribution in [-0.2, 0) is 0 Å². The molecule has 0 saturated carbocycles. The van der Waals surface area contributed by atoms with E-state index in [4.69, 9.17) is 5.10 Å². The quantitative estimate of drug-likeness (QED) is 0.743. The van der Waals surface area contributed by atoms with E-state index >= 15 is 0 Å². The van der Waals surface area contributed by atoms with Crippen LogP contribution >= 0.6 is 0 Å². The predicted octanol–water partition coefficient (Wildman–Crippen LogP) is 2.93. The highest BCUT2D eigenvalue weighted by Gasteiger charge is 2.20. The van der Waals surface area contributed by atoms with Gasteiger partial charge in [-0.15, -0.1) is 5.10 Å². The highest BCUT2D eigenvalue weighted by Crippen LogP contribution is 2.22. The molecule has 1 aromatic carbocycles. The van der Waals surface area contributed by atoms with E-state index in [1.807, 2.05) is 28.9 Å². The predicted molar refractivity (Wildman–Crippen MR) is 97.3 cm³/mol. The summed E-state index contributed by atoms with van der Waals surface area (Å²) in [5.41, 5.74) is 3.06. The zero-order chi connectivity index (χ0) is 16.5. The van der Waals surface area contributed by atoms with E-state index < -0.39 is 0 Å². The minimum Gasteiger partial charge on any atom is -0.353 e. The highest BCUT2D eigenvalue weighted by atomic mass is 15.4. The van der Waals surface area contributed by atoms with Gasteiger partial charge in [-0.1, -0.05) is 30.3 Å². The molecule has 4 rings (SSSR count). The molecule has 0 spiro atoms. The van der Waals surface area contributed by atoms with Gasteiger partial charge >= 0.3 is 0 Å². The molecule has 124 valence electrons.